The second-order valence-electron chi connectivity index (χ2n) is 2.51. The molecule has 72 valence electrons. The van der Waals surface area contributed by atoms with Crippen LogP contribution in [0.1, 0.15) is 0 Å². The van der Waals surface area contributed by atoms with Gasteiger partial charge >= 0.3 is 7.69 Å². The molecule has 1 aromatic rings. The molecule has 0 heterocycles. The van der Waals surface area contributed by atoms with Crippen molar-refractivity contribution in [3.63, 3.8) is 0 Å². The molecule has 1 amide bonds. The maximum absolute atomic E-state index is 10.5. The van der Waals surface area contributed by atoms with Gasteiger partial charge in [0.1, 0.15) is 5.75 Å². The third-order valence-electron chi connectivity index (χ3n) is 1.48. The van der Waals surface area contributed by atoms with Crippen molar-refractivity contribution in [1.29, 1.82) is 0 Å². The predicted octanol–water partition coefficient (Wildman–Crippen LogP) is 0.348. The summed E-state index contributed by atoms with van der Waals surface area (Å²) in [6.07, 6.45) is 0. The molecule has 0 aliphatic heterocycles. The number of amides is 1. The summed E-state index contributed by atoms with van der Waals surface area (Å²) in [5.74, 6) is -0.146. The molecule has 1 rings (SSSR count). The Morgan fingerprint density at radius 3 is 2.57 bits per heavy atom. The van der Waals surface area contributed by atoms with Gasteiger partial charge in [-0.2, -0.15) is 0 Å². The fraction of sp³-hybridized carbons (Fsp3) is 0. The number of benzene rings is 1. The number of hydrogen-bond donors (Lipinski definition) is 1. The average Bonchev–Trinajstić information content (AvgIpc) is 2.19. The van der Waals surface area contributed by atoms with E-state index in [4.69, 9.17) is 15.0 Å². The van der Waals surface area contributed by atoms with Crippen LogP contribution in [0.5, 0.6) is 5.75 Å². The van der Waals surface area contributed by atoms with Gasteiger partial charge in [-0.15, -0.1) is 0 Å². The van der Waals surface area contributed by atoms with E-state index in [0.29, 0.717) is 5.75 Å². The summed E-state index contributed by atoms with van der Waals surface area (Å²) in [4.78, 5) is 10.5. The van der Waals surface area contributed by atoms with Crippen LogP contribution in [0.15, 0.2) is 42.7 Å². The second kappa shape index (κ2) is 4.96. The first-order chi connectivity index (χ1) is 6.70. The minimum atomic E-state index is -0.693. The first-order valence-electron chi connectivity index (χ1n) is 3.99. The van der Waals surface area contributed by atoms with Gasteiger partial charge in [-0.1, -0.05) is 24.8 Å². The van der Waals surface area contributed by atoms with E-state index in [-0.39, 0.29) is 13.4 Å². The summed E-state index contributed by atoms with van der Waals surface area (Å²) in [5.41, 5.74) is 4.90. The van der Waals surface area contributed by atoms with Crippen LogP contribution in [0.2, 0.25) is 0 Å². The minimum Gasteiger partial charge on any atom is -0.529 e. The summed E-state index contributed by atoms with van der Waals surface area (Å²) in [6.45, 7) is 3.31. The molecule has 0 spiro atoms. The maximum Gasteiger partial charge on any atom is 0.576 e. The third-order valence-corrected chi connectivity index (χ3v) is 1.48. The normalized spacial score (nSPS) is 8.86. The van der Waals surface area contributed by atoms with Gasteiger partial charge in [0.15, 0.2) is 5.76 Å². The fourth-order valence-electron chi connectivity index (χ4n) is 0.756. The van der Waals surface area contributed by atoms with Crippen LogP contribution in [0.3, 0.4) is 0 Å². The van der Waals surface area contributed by atoms with E-state index in [1.54, 1.807) is 12.1 Å². The Hall–Kier alpha value is -1.91. The van der Waals surface area contributed by atoms with Crippen LogP contribution in [0.4, 0.5) is 0 Å². The Morgan fingerprint density at radius 2 is 2.00 bits per heavy atom. The van der Waals surface area contributed by atoms with E-state index >= 15 is 0 Å². The maximum atomic E-state index is 10.5. The summed E-state index contributed by atoms with van der Waals surface area (Å²) in [6, 6.07) is 9.08. The van der Waals surface area contributed by atoms with Gasteiger partial charge in [0.25, 0.3) is 5.91 Å². The summed E-state index contributed by atoms with van der Waals surface area (Å²) >= 11 is 0. The van der Waals surface area contributed by atoms with Crippen molar-refractivity contribution in [1.82, 2.24) is 0 Å². The molecule has 0 atom stereocenters. The molecule has 0 saturated heterocycles. The zero-order valence-corrected chi connectivity index (χ0v) is 7.60. The molecule has 4 nitrogen and oxygen atoms in total. The van der Waals surface area contributed by atoms with Gasteiger partial charge in [0, 0.05) is 0 Å². The zero-order chi connectivity index (χ0) is 10.4. The van der Waals surface area contributed by atoms with Gasteiger partial charge in [0.2, 0.25) is 0 Å². The smallest absolute Gasteiger partial charge is 0.529 e. The topological polar surface area (TPSA) is 61.6 Å². The SMILES string of the molecule is C=C(OBOc1ccccc1)C(N)=O. The average molecular weight is 191 g/mol. The van der Waals surface area contributed by atoms with Gasteiger partial charge in [-0.05, 0) is 12.1 Å². The lowest BCUT2D eigenvalue weighted by molar-refractivity contribution is -0.116. The lowest BCUT2D eigenvalue weighted by atomic mass is 10.3. The van der Waals surface area contributed by atoms with Crippen LogP contribution < -0.4 is 10.4 Å². The summed E-state index contributed by atoms with van der Waals surface area (Å²) < 4.78 is 9.95. The van der Waals surface area contributed by atoms with Crippen molar-refractivity contribution in [3.8, 4) is 5.75 Å². The van der Waals surface area contributed by atoms with Crippen molar-refractivity contribution in [2.24, 2.45) is 5.73 Å². The molecule has 0 bridgehead atoms. The summed E-state index contributed by atoms with van der Waals surface area (Å²) in [5, 5.41) is 0. The molecular formula is C9H10BNO3. The van der Waals surface area contributed by atoms with Crippen LogP contribution >= 0.6 is 0 Å². The second-order valence-corrected chi connectivity index (χ2v) is 2.51. The third kappa shape index (κ3) is 3.22. The molecule has 0 saturated carbocycles. The monoisotopic (exact) mass is 191 g/mol. The first kappa shape index (κ1) is 10.2. The van der Waals surface area contributed by atoms with Crippen molar-refractivity contribution >= 4 is 13.6 Å². The van der Waals surface area contributed by atoms with Crippen LogP contribution in [0, 0.1) is 0 Å². The van der Waals surface area contributed by atoms with Gasteiger partial charge in [0.05, 0.1) is 0 Å². The Labute approximate surface area is 82.6 Å². The number of rotatable bonds is 5. The van der Waals surface area contributed by atoms with Crippen LogP contribution in [-0.2, 0) is 9.45 Å². The Bertz CT molecular complexity index is 326. The lowest BCUT2D eigenvalue weighted by Crippen LogP contribution is -2.18. The van der Waals surface area contributed by atoms with Gasteiger partial charge in [-0.3, -0.25) is 4.79 Å². The van der Waals surface area contributed by atoms with E-state index in [0.717, 1.165) is 0 Å². The Balaban J connectivity index is 2.29. The van der Waals surface area contributed by atoms with Crippen molar-refractivity contribution in [3.05, 3.63) is 42.7 Å². The largest absolute Gasteiger partial charge is 0.576 e. The molecular weight excluding hydrogens is 181 g/mol. The minimum absolute atomic E-state index is 0.0776. The molecule has 0 unspecified atom stereocenters. The molecule has 1 aromatic carbocycles. The number of carbonyl (C=O) groups excluding carboxylic acids is 1. The molecule has 14 heavy (non-hydrogen) atoms. The van der Waals surface area contributed by atoms with Gasteiger partial charge < -0.3 is 15.0 Å². The number of carbonyl (C=O) groups is 1. The molecule has 5 heteroatoms. The number of nitrogens with two attached hydrogens (primary N) is 1. The van der Waals surface area contributed by atoms with E-state index in [1.807, 2.05) is 18.2 Å². The highest BCUT2D eigenvalue weighted by Gasteiger charge is 2.04. The van der Waals surface area contributed by atoms with Crippen molar-refractivity contribution in [2.45, 2.75) is 0 Å². The first-order valence-corrected chi connectivity index (χ1v) is 3.99. The molecule has 0 fully saturated rings. The predicted molar refractivity (Wildman–Crippen MR) is 53.6 cm³/mol. The number of primary amides is 1. The van der Waals surface area contributed by atoms with Crippen molar-refractivity contribution < 1.29 is 14.1 Å². The van der Waals surface area contributed by atoms with E-state index in [9.17, 15) is 4.79 Å². The molecule has 2 N–H and O–H groups in total. The van der Waals surface area contributed by atoms with Crippen molar-refractivity contribution in [2.75, 3.05) is 0 Å². The Morgan fingerprint density at radius 1 is 1.36 bits per heavy atom. The van der Waals surface area contributed by atoms with Crippen LogP contribution in [-0.4, -0.2) is 13.6 Å². The highest BCUT2D eigenvalue weighted by atomic mass is 16.6. The van der Waals surface area contributed by atoms with E-state index < -0.39 is 5.91 Å². The quantitative estimate of drug-likeness (QED) is 0.414. The number of para-hydroxylation sites is 1. The van der Waals surface area contributed by atoms with Gasteiger partial charge in [-0.25, -0.2) is 0 Å². The molecule has 0 radical (unpaired) electrons. The fourth-order valence-corrected chi connectivity index (χ4v) is 0.756. The Kier molecular flexibility index (Phi) is 3.61. The molecule has 0 aliphatic rings. The van der Waals surface area contributed by atoms with E-state index in [2.05, 4.69) is 6.58 Å². The molecule has 0 aromatic heterocycles. The van der Waals surface area contributed by atoms with E-state index in [1.165, 1.54) is 0 Å². The highest BCUT2D eigenvalue weighted by molar-refractivity contribution is 6.21. The summed E-state index contributed by atoms with van der Waals surface area (Å²) in [7, 11) is -0.0776. The number of hydrogen-bond acceptors (Lipinski definition) is 3. The highest BCUT2D eigenvalue weighted by Crippen LogP contribution is 2.07. The zero-order valence-electron chi connectivity index (χ0n) is 7.60. The molecule has 0 aliphatic carbocycles. The lowest BCUT2D eigenvalue weighted by Gasteiger charge is -2.06. The standard InChI is InChI=1S/C9H10BNO3/c1-7(9(11)12)13-10-14-8-5-3-2-4-6-8/h2-6,10H,1H2,(H2,11,12). The van der Waals surface area contributed by atoms with Crippen LogP contribution in [0.25, 0.3) is 0 Å².